The molecule has 1 saturated heterocycles. The zero-order chi connectivity index (χ0) is 18.6. The molecule has 1 amide bonds. The largest absolute Gasteiger partial charge is 0.348 e. The molecule has 146 valence electrons. The van der Waals surface area contributed by atoms with Crippen molar-refractivity contribution in [2.75, 3.05) is 19.6 Å². The molecule has 6 nitrogen and oxygen atoms in total. The summed E-state index contributed by atoms with van der Waals surface area (Å²) in [6.45, 7) is 5.45. The van der Waals surface area contributed by atoms with Crippen LogP contribution in [0.15, 0.2) is 17.5 Å². The minimum Gasteiger partial charge on any atom is -0.348 e. The number of aromatic nitrogens is 3. The van der Waals surface area contributed by atoms with Crippen molar-refractivity contribution >= 4 is 17.2 Å². The Labute approximate surface area is 165 Å². The first kappa shape index (κ1) is 18.6. The Morgan fingerprint density at radius 3 is 3.07 bits per heavy atom. The van der Waals surface area contributed by atoms with Crippen LogP contribution in [0.5, 0.6) is 0 Å². The van der Waals surface area contributed by atoms with E-state index in [4.69, 9.17) is 0 Å². The van der Waals surface area contributed by atoms with Gasteiger partial charge in [-0.3, -0.25) is 9.69 Å². The molecule has 0 radical (unpaired) electrons. The van der Waals surface area contributed by atoms with Crippen molar-refractivity contribution in [3.05, 3.63) is 34.0 Å². The fourth-order valence-electron chi connectivity index (χ4n) is 4.32. The van der Waals surface area contributed by atoms with E-state index < -0.39 is 0 Å². The van der Waals surface area contributed by atoms with Gasteiger partial charge in [0, 0.05) is 30.3 Å². The zero-order valence-corrected chi connectivity index (χ0v) is 16.9. The number of thiophene rings is 1. The van der Waals surface area contributed by atoms with Crippen molar-refractivity contribution in [1.82, 2.24) is 25.0 Å². The van der Waals surface area contributed by atoms with Gasteiger partial charge in [-0.05, 0) is 50.6 Å². The number of nitrogens with one attached hydrogen (secondary N) is 1. The Morgan fingerprint density at radius 1 is 1.30 bits per heavy atom. The Hall–Kier alpha value is -1.73. The maximum Gasteiger partial charge on any atom is 0.234 e. The molecule has 2 atom stereocenters. The molecule has 7 heteroatoms. The van der Waals surface area contributed by atoms with E-state index in [-0.39, 0.29) is 11.9 Å². The van der Waals surface area contributed by atoms with Crippen LogP contribution in [0.1, 0.15) is 67.5 Å². The Morgan fingerprint density at radius 2 is 2.22 bits per heavy atom. The number of aryl methyl sites for hydroxylation is 1. The van der Waals surface area contributed by atoms with Crippen molar-refractivity contribution < 1.29 is 4.79 Å². The second-order valence-corrected chi connectivity index (χ2v) is 8.79. The number of likely N-dealkylation sites (tertiary alicyclic amines) is 1. The third-order valence-corrected chi connectivity index (χ3v) is 6.78. The second-order valence-electron chi connectivity index (χ2n) is 7.82. The summed E-state index contributed by atoms with van der Waals surface area (Å²) in [4.78, 5) is 16.0. The summed E-state index contributed by atoms with van der Waals surface area (Å²) < 4.78 is 2.36. The molecule has 0 bridgehead atoms. The number of amides is 1. The highest BCUT2D eigenvalue weighted by atomic mass is 32.1. The maximum atomic E-state index is 12.5. The van der Waals surface area contributed by atoms with Crippen LogP contribution in [-0.2, 0) is 17.8 Å². The first-order chi connectivity index (χ1) is 13.2. The fourth-order valence-corrected chi connectivity index (χ4v) is 5.05. The number of hydrogen-bond donors (Lipinski definition) is 1. The topological polar surface area (TPSA) is 63.1 Å². The molecule has 0 spiro atoms. The molecule has 0 aliphatic carbocycles. The van der Waals surface area contributed by atoms with Crippen molar-refractivity contribution in [3.63, 3.8) is 0 Å². The van der Waals surface area contributed by atoms with Gasteiger partial charge in [0.1, 0.15) is 11.6 Å². The molecule has 4 heterocycles. The number of carbonyl (C=O) groups excluding carboxylic acids is 1. The number of carbonyl (C=O) groups is 1. The van der Waals surface area contributed by atoms with E-state index in [1.54, 1.807) is 11.3 Å². The van der Waals surface area contributed by atoms with Crippen LogP contribution in [0, 0.1) is 0 Å². The van der Waals surface area contributed by atoms with Gasteiger partial charge >= 0.3 is 0 Å². The van der Waals surface area contributed by atoms with Crippen LogP contribution >= 0.6 is 11.3 Å². The van der Waals surface area contributed by atoms with Crippen molar-refractivity contribution in [2.24, 2.45) is 0 Å². The van der Waals surface area contributed by atoms with Gasteiger partial charge in [0.05, 0.1) is 12.6 Å². The van der Waals surface area contributed by atoms with E-state index in [0.717, 1.165) is 50.5 Å². The average Bonchev–Trinajstić information content (AvgIpc) is 3.28. The monoisotopic (exact) mass is 387 g/mol. The van der Waals surface area contributed by atoms with Crippen LogP contribution in [0.2, 0.25) is 0 Å². The number of piperidine rings is 1. The highest BCUT2D eigenvalue weighted by Crippen LogP contribution is 2.28. The van der Waals surface area contributed by atoms with Crippen LogP contribution in [0.4, 0.5) is 0 Å². The molecule has 27 heavy (non-hydrogen) atoms. The van der Waals surface area contributed by atoms with E-state index >= 15 is 0 Å². The lowest BCUT2D eigenvalue weighted by molar-refractivity contribution is -0.123. The molecule has 2 aromatic heterocycles. The predicted molar refractivity (Wildman–Crippen MR) is 107 cm³/mol. The molecule has 2 aromatic rings. The molecular weight excluding hydrogens is 358 g/mol. The van der Waals surface area contributed by atoms with Gasteiger partial charge in [-0.25, -0.2) is 0 Å². The minimum atomic E-state index is 0.0744. The van der Waals surface area contributed by atoms with Gasteiger partial charge in [0.25, 0.3) is 0 Å². The quantitative estimate of drug-likeness (QED) is 0.856. The van der Waals surface area contributed by atoms with E-state index in [9.17, 15) is 4.79 Å². The lowest BCUT2D eigenvalue weighted by Crippen LogP contribution is -2.42. The predicted octanol–water partition coefficient (Wildman–Crippen LogP) is 3.12. The molecule has 4 rings (SSSR count). The number of rotatable bonds is 5. The zero-order valence-electron chi connectivity index (χ0n) is 16.1. The fraction of sp³-hybridized carbons (Fsp3) is 0.650. The van der Waals surface area contributed by atoms with Crippen LogP contribution in [0.3, 0.4) is 0 Å². The molecule has 0 aromatic carbocycles. The first-order valence-electron chi connectivity index (χ1n) is 10.2. The van der Waals surface area contributed by atoms with Crippen LogP contribution in [0.25, 0.3) is 0 Å². The van der Waals surface area contributed by atoms with Gasteiger partial charge in [0.2, 0.25) is 5.91 Å². The van der Waals surface area contributed by atoms with E-state index in [2.05, 4.69) is 36.4 Å². The highest BCUT2D eigenvalue weighted by molar-refractivity contribution is 7.10. The number of nitrogens with zero attached hydrogens (tertiary/aromatic N) is 4. The van der Waals surface area contributed by atoms with Gasteiger partial charge < -0.3 is 9.88 Å². The van der Waals surface area contributed by atoms with Gasteiger partial charge in [0.15, 0.2) is 0 Å². The third-order valence-electron chi connectivity index (χ3n) is 5.72. The van der Waals surface area contributed by atoms with E-state index in [1.165, 1.54) is 24.1 Å². The minimum absolute atomic E-state index is 0.0744. The summed E-state index contributed by atoms with van der Waals surface area (Å²) >= 11 is 1.69. The van der Waals surface area contributed by atoms with Crippen molar-refractivity contribution in [2.45, 2.75) is 64.0 Å². The Bertz CT molecular complexity index is 757. The maximum absolute atomic E-state index is 12.5. The second kappa shape index (κ2) is 8.52. The van der Waals surface area contributed by atoms with E-state index in [0.29, 0.717) is 12.5 Å². The van der Waals surface area contributed by atoms with Gasteiger partial charge in [-0.15, -0.1) is 21.5 Å². The normalized spacial score (nSPS) is 22.0. The number of hydrogen-bond acceptors (Lipinski definition) is 5. The lowest BCUT2D eigenvalue weighted by Gasteiger charge is -2.32. The summed E-state index contributed by atoms with van der Waals surface area (Å²) in [6.07, 6.45) is 7.02. The standard InChI is InChI=1S/C20H29N5OS/c1-15(17-8-6-12-27-17)21-19(26)14-24-10-5-7-16(13-24)20-23-22-18-9-3-2-4-11-25(18)20/h6,8,12,15-16H,2-5,7,9-11,13-14H2,1H3,(H,21,26). The highest BCUT2D eigenvalue weighted by Gasteiger charge is 2.28. The summed E-state index contributed by atoms with van der Waals surface area (Å²) in [5.74, 6) is 2.79. The van der Waals surface area contributed by atoms with Crippen LogP contribution in [-0.4, -0.2) is 45.2 Å². The lowest BCUT2D eigenvalue weighted by atomic mass is 9.97. The summed E-state index contributed by atoms with van der Waals surface area (Å²) in [5.41, 5.74) is 0. The molecule has 2 unspecified atom stereocenters. The Balaban J connectivity index is 1.36. The van der Waals surface area contributed by atoms with E-state index in [1.807, 2.05) is 13.0 Å². The summed E-state index contributed by atoms with van der Waals surface area (Å²) in [7, 11) is 0. The Kier molecular flexibility index (Phi) is 5.88. The third kappa shape index (κ3) is 4.41. The first-order valence-corrected chi connectivity index (χ1v) is 11.1. The molecule has 2 aliphatic rings. The molecular formula is C20H29N5OS. The smallest absolute Gasteiger partial charge is 0.234 e. The molecule has 1 N–H and O–H groups in total. The SMILES string of the molecule is CC(NC(=O)CN1CCCC(c2nnc3n2CCCCC3)C1)c1cccs1. The van der Waals surface area contributed by atoms with Gasteiger partial charge in [-0.2, -0.15) is 0 Å². The molecule has 0 saturated carbocycles. The van der Waals surface area contributed by atoms with Crippen LogP contribution < -0.4 is 5.32 Å². The van der Waals surface area contributed by atoms with Crippen molar-refractivity contribution in [3.8, 4) is 0 Å². The van der Waals surface area contributed by atoms with Gasteiger partial charge in [-0.1, -0.05) is 12.5 Å². The summed E-state index contributed by atoms with van der Waals surface area (Å²) in [6, 6.07) is 4.17. The summed E-state index contributed by atoms with van der Waals surface area (Å²) in [5, 5.41) is 14.2. The molecule has 1 fully saturated rings. The van der Waals surface area contributed by atoms with Crippen molar-refractivity contribution in [1.29, 1.82) is 0 Å². The number of fused-ring (bicyclic) bond motifs is 1. The molecule has 2 aliphatic heterocycles. The average molecular weight is 388 g/mol.